The third kappa shape index (κ3) is 2.96. The molecule has 6 heteroatoms. The first-order valence-electron chi connectivity index (χ1n) is 6.22. The lowest BCUT2D eigenvalue weighted by atomic mass is 10.3. The number of nitrogens with one attached hydrogen (secondary N) is 2. The standard InChI is InChI=1S/C13H15N3O2S/c1-18-9-4-5-10-11(6-9)19-13(16-10)14-7-12(17)15-8-2-3-8/h4-6,8H,2-3,7H2,1H3,(H,14,16)(H,15,17). The van der Waals surface area contributed by atoms with Gasteiger partial charge in [0.05, 0.1) is 23.9 Å². The lowest BCUT2D eigenvalue weighted by molar-refractivity contribution is -0.119. The summed E-state index contributed by atoms with van der Waals surface area (Å²) in [5, 5.41) is 6.75. The Kier molecular flexibility index (Phi) is 3.25. The Bertz CT molecular complexity index is 607. The number of benzene rings is 1. The van der Waals surface area contributed by atoms with Crippen molar-refractivity contribution in [2.24, 2.45) is 0 Å². The normalized spacial score (nSPS) is 14.4. The van der Waals surface area contributed by atoms with E-state index in [1.165, 1.54) is 11.3 Å². The smallest absolute Gasteiger partial charge is 0.239 e. The summed E-state index contributed by atoms with van der Waals surface area (Å²) in [5.74, 6) is 0.841. The summed E-state index contributed by atoms with van der Waals surface area (Å²) in [6.07, 6.45) is 2.21. The molecule has 1 fully saturated rings. The van der Waals surface area contributed by atoms with Crippen molar-refractivity contribution in [3.05, 3.63) is 18.2 Å². The van der Waals surface area contributed by atoms with Gasteiger partial charge in [0.1, 0.15) is 5.75 Å². The van der Waals surface area contributed by atoms with E-state index in [0.29, 0.717) is 6.04 Å². The van der Waals surface area contributed by atoms with Crippen LogP contribution in [0.15, 0.2) is 18.2 Å². The van der Waals surface area contributed by atoms with Crippen molar-refractivity contribution in [2.45, 2.75) is 18.9 Å². The van der Waals surface area contributed by atoms with Crippen LogP contribution < -0.4 is 15.4 Å². The molecule has 0 aliphatic heterocycles. The maximum absolute atomic E-state index is 11.6. The fourth-order valence-electron chi connectivity index (χ4n) is 1.77. The zero-order chi connectivity index (χ0) is 13.2. The molecule has 1 aliphatic rings. The Morgan fingerprint density at radius 2 is 2.37 bits per heavy atom. The van der Waals surface area contributed by atoms with Gasteiger partial charge >= 0.3 is 0 Å². The van der Waals surface area contributed by atoms with Gasteiger partial charge in [0, 0.05) is 6.04 Å². The van der Waals surface area contributed by atoms with Gasteiger partial charge in [0.2, 0.25) is 5.91 Å². The fourth-order valence-corrected chi connectivity index (χ4v) is 2.66. The highest BCUT2D eigenvalue weighted by Crippen LogP contribution is 2.29. The number of anilines is 1. The number of hydrogen-bond acceptors (Lipinski definition) is 5. The second kappa shape index (κ2) is 5.05. The van der Waals surface area contributed by atoms with Gasteiger partial charge in [-0.05, 0) is 31.0 Å². The number of carbonyl (C=O) groups is 1. The van der Waals surface area contributed by atoms with Gasteiger partial charge in [-0.3, -0.25) is 4.79 Å². The second-order valence-corrected chi connectivity index (χ2v) is 5.58. The Balaban J connectivity index is 1.65. The average Bonchev–Trinajstić information content (AvgIpc) is 3.12. The molecule has 5 nitrogen and oxygen atoms in total. The SMILES string of the molecule is COc1ccc2nc(NCC(=O)NC3CC3)sc2c1. The number of amides is 1. The molecule has 1 heterocycles. The predicted molar refractivity (Wildman–Crippen MR) is 75.8 cm³/mol. The van der Waals surface area contributed by atoms with E-state index < -0.39 is 0 Å². The highest BCUT2D eigenvalue weighted by Gasteiger charge is 2.22. The first-order chi connectivity index (χ1) is 9.24. The summed E-state index contributed by atoms with van der Waals surface area (Å²) in [6, 6.07) is 6.14. The molecule has 0 bridgehead atoms. The molecule has 3 rings (SSSR count). The van der Waals surface area contributed by atoms with E-state index in [-0.39, 0.29) is 12.5 Å². The monoisotopic (exact) mass is 277 g/mol. The number of methoxy groups -OCH3 is 1. The number of nitrogens with zero attached hydrogens (tertiary/aromatic N) is 1. The summed E-state index contributed by atoms with van der Waals surface area (Å²) < 4.78 is 6.22. The summed E-state index contributed by atoms with van der Waals surface area (Å²) in [4.78, 5) is 16.0. The minimum Gasteiger partial charge on any atom is -0.497 e. The van der Waals surface area contributed by atoms with Crippen molar-refractivity contribution in [3.63, 3.8) is 0 Å². The van der Waals surface area contributed by atoms with E-state index in [4.69, 9.17) is 4.74 Å². The van der Waals surface area contributed by atoms with Gasteiger partial charge in [-0.25, -0.2) is 4.98 Å². The van der Waals surface area contributed by atoms with E-state index in [1.54, 1.807) is 7.11 Å². The topological polar surface area (TPSA) is 63.2 Å². The third-order valence-corrected chi connectivity index (χ3v) is 3.91. The maximum atomic E-state index is 11.6. The van der Waals surface area contributed by atoms with E-state index >= 15 is 0 Å². The lowest BCUT2D eigenvalue weighted by Crippen LogP contribution is -2.31. The Hall–Kier alpha value is -1.82. The van der Waals surface area contributed by atoms with Crippen LogP contribution in [0.2, 0.25) is 0 Å². The van der Waals surface area contributed by atoms with Crippen molar-refractivity contribution in [1.29, 1.82) is 0 Å². The molecule has 2 N–H and O–H groups in total. The van der Waals surface area contributed by atoms with Crippen molar-refractivity contribution in [2.75, 3.05) is 19.0 Å². The fraction of sp³-hybridized carbons (Fsp3) is 0.385. The van der Waals surface area contributed by atoms with Crippen LogP contribution in [0.4, 0.5) is 5.13 Å². The van der Waals surface area contributed by atoms with Crippen LogP contribution in [0.25, 0.3) is 10.2 Å². The molecule has 1 aromatic heterocycles. The van der Waals surface area contributed by atoms with Gasteiger partial charge in [0.15, 0.2) is 5.13 Å². The van der Waals surface area contributed by atoms with Crippen LogP contribution in [0.1, 0.15) is 12.8 Å². The number of aromatic nitrogens is 1. The van der Waals surface area contributed by atoms with Crippen molar-refractivity contribution >= 4 is 32.6 Å². The number of carbonyl (C=O) groups excluding carboxylic acids is 1. The molecule has 0 unspecified atom stereocenters. The average molecular weight is 277 g/mol. The minimum absolute atomic E-state index is 0.0272. The van der Waals surface area contributed by atoms with Crippen LogP contribution in [-0.2, 0) is 4.79 Å². The number of hydrogen-bond donors (Lipinski definition) is 2. The first kappa shape index (κ1) is 12.2. The molecular formula is C13H15N3O2S. The molecule has 0 saturated heterocycles. The van der Waals surface area contributed by atoms with Crippen molar-refractivity contribution in [1.82, 2.24) is 10.3 Å². The van der Waals surface area contributed by atoms with Gasteiger partial charge in [-0.15, -0.1) is 0 Å². The quantitative estimate of drug-likeness (QED) is 0.877. The number of ether oxygens (including phenoxy) is 1. The van der Waals surface area contributed by atoms with Crippen molar-refractivity contribution < 1.29 is 9.53 Å². The number of rotatable bonds is 5. The Morgan fingerprint density at radius 3 is 3.11 bits per heavy atom. The highest BCUT2D eigenvalue weighted by atomic mass is 32.1. The summed E-state index contributed by atoms with van der Waals surface area (Å²) in [6.45, 7) is 0.271. The molecule has 0 spiro atoms. The van der Waals surface area contributed by atoms with Gasteiger partial charge in [0.25, 0.3) is 0 Å². The molecule has 1 aromatic carbocycles. The van der Waals surface area contributed by atoms with E-state index in [2.05, 4.69) is 15.6 Å². The lowest BCUT2D eigenvalue weighted by Gasteiger charge is -2.03. The number of fused-ring (bicyclic) bond motifs is 1. The van der Waals surface area contributed by atoms with Gasteiger partial charge < -0.3 is 15.4 Å². The van der Waals surface area contributed by atoms with Crippen LogP contribution in [-0.4, -0.2) is 30.6 Å². The van der Waals surface area contributed by atoms with E-state index in [1.807, 2.05) is 18.2 Å². The minimum atomic E-state index is 0.0272. The zero-order valence-electron chi connectivity index (χ0n) is 10.6. The molecule has 19 heavy (non-hydrogen) atoms. The molecule has 0 radical (unpaired) electrons. The summed E-state index contributed by atoms with van der Waals surface area (Å²) >= 11 is 1.52. The number of thiazole rings is 1. The van der Waals surface area contributed by atoms with Crippen molar-refractivity contribution in [3.8, 4) is 5.75 Å². The van der Waals surface area contributed by atoms with Gasteiger partial charge in [-0.2, -0.15) is 0 Å². The molecule has 1 aliphatic carbocycles. The Labute approximate surface area is 115 Å². The van der Waals surface area contributed by atoms with Gasteiger partial charge in [-0.1, -0.05) is 11.3 Å². The maximum Gasteiger partial charge on any atom is 0.239 e. The predicted octanol–water partition coefficient (Wildman–Crippen LogP) is 2.00. The highest BCUT2D eigenvalue weighted by molar-refractivity contribution is 7.22. The molecule has 100 valence electrons. The van der Waals surface area contributed by atoms with Crippen LogP contribution in [0.3, 0.4) is 0 Å². The molecule has 1 saturated carbocycles. The zero-order valence-corrected chi connectivity index (χ0v) is 11.4. The summed E-state index contributed by atoms with van der Waals surface area (Å²) in [7, 11) is 1.64. The summed E-state index contributed by atoms with van der Waals surface area (Å²) in [5.41, 5.74) is 0.913. The van der Waals surface area contributed by atoms with E-state index in [0.717, 1.165) is 33.9 Å². The third-order valence-electron chi connectivity index (χ3n) is 2.94. The second-order valence-electron chi connectivity index (χ2n) is 4.55. The molecule has 1 amide bonds. The molecule has 0 atom stereocenters. The molecular weight excluding hydrogens is 262 g/mol. The van der Waals surface area contributed by atoms with Crippen LogP contribution >= 0.6 is 11.3 Å². The van der Waals surface area contributed by atoms with Crippen LogP contribution in [0.5, 0.6) is 5.75 Å². The Morgan fingerprint density at radius 1 is 1.53 bits per heavy atom. The first-order valence-corrected chi connectivity index (χ1v) is 7.04. The largest absolute Gasteiger partial charge is 0.497 e. The van der Waals surface area contributed by atoms with Crippen LogP contribution in [0, 0.1) is 0 Å². The van der Waals surface area contributed by atoms with E-state index in [9.17, 15) is 4.79 Å². The molecule has 2 aromatic rings.